The minimum absolute atomic E-state index is 0.184. The highest BCUT2D eigenvalue weighted by Crippen LogP contribution is 2.42. The summed E-state index contributed by atoms with van der Waals surface area (Å²) in [6.45, 7) is 1.55. The molecular weight excluding hydrogens is 209 g/mol. The summed E-state index contributed by atoms with van der Waals surface area (Å²) in [5.74, 6) is 0. The zero-order chi connectivity index (χ0) is 8.36. The fourth-order valence-corrected chi connectivity index (χ4v) is 4.35. The van der Waals surface area contributed by atoms with Crippen LogP contribution in [0.15, 0.2) is 0 Å². The number of nitrogens with two attached hydrogens (primary N) is 2. The highest BCUT2D eigenvalue weighted by molar-refractivity contribution is 8.26. The van der Waals surface area contributed by atoms with Crippen LogP contribution in [-0.2, 0) is 11.8 Å². The van der Waals surface area contributed by atoms with E-state index in [1.54, 1.807) is 4.08 Å². The molecule has 0 aliphatic rings. The lowest BCUT2D eigenvalue weighted by Gasteiger charge is -2.27. The highest BCUT2D eigenvalue weighted by Gasteiger charge is 2.19. The second kappa shape index (κ2) is 4.26. The molecule has 4 N–H and O–H groups in total. The summed E-state index contributed by atoms with van der Waals surface area (Å²) in [5, 5.41) is 0. The molecule has 0 atom stereocenters. The SMILES string of the molecule is CC(C)N(SCl)P(N)(N)=S. The van der Waals surface area contributed by atoms with E-state index in [0.29, 0.717) is 0 Å². The van der Waals surface area contributed by atoms with Gasteiger partial charge in [-0.2, -0.15) is 4.08 Å². The van der Waals surface area contributed by atoms with E-state index in [-0.39, 0.29) is 6.04 Å². The molecular formula is C3H11ClN3PS2. The molecule has 0 heterocycles. The lowest BCUT2D eigenvalue weighted by Crippen LogP contribution is -2.27. The Labute approximate surface area is 75.3 Å². The molecule has 0 aromatic heterocycles. The molecule has 7 heteroatoms. The Kier molecular flexibility index (Phi) is 4.76. The summed E-state index contributed by atoms with van der Waals surface area (Å²) in [6.07, 6.45) is 0. The third kappa shape index (κ3) is 3.53. The van der Waals surface area contributed by atoms with Gasteiger partial charge in [-0.3, -0.25) is 11.0 Å². The summed E-state index contributed by atoms with van der Waals surface area (Å²) in [4.78, 5) is 0. The third-order valence-corrected chi connectivity index (χ3v) is 5.09. The first-order chi connectivity index (χ1) is 4.39. The Morgan fingerprint density at radius 3 is 2.00 bits per heavy atom. The van der Waals surface area contributed by atoms with Crippen LogP contribution < -0.4 is 11.0 Å². The van der Waals surface area contributed by atoms with Crippen molar-refractivity contribution >= 4 is 40.1 Å². The topological polar surface area (TPSA) is 55.3 Å². The molecule has 62 valence electrons. The van der Waals surface area contributed by atoms with Crippen LogP contribution in [0.4, 0.5) is 0 Å². The lowest BCUT2D eigenvalue weighted by molar-refractivity contribution is 0.588. The van der Waals surface area contributed by atoms with Crippen LogP contribution in [0, 0.1) is 0 Å². The van der Waals surface area contributed by atoms with Crippen molar-refractivity contribution in [3.8, 4) is 0 Å². The average molecular weight is 220 g/mol. The molecule has 0 bridgehead atoms. The van der Waals surface area contributed by atoms with E-state index in [2.05, 4.69) is 0 Å². The van der Waals surface area contributed by atoms with Gasteiger partial charge in [-0.25, -0.2) is 0 Å². The van der Waals surface area contributed by atoms with Crippen LogP contribution in [0.5, 0.6) is 0 Å². The zero-order valence-electron chi connectivity index (χ0n) is 5.82. The van der Waals surface area contributed by atoms with E-state index in [9.17, 15) is 0 Å². The molecule has 0 aromatic rings. The van der Waals surface area contributed by atoms with Crippen molar-refractivity contribution in [3.05, 3.63) is 0 Å². The van der Waals surface area contributed by atoms with Gasteiger partial charge in [0.05, 0.1) is 0 Å². The maximum atomic E-state index is 5.52. The predicted molar refractivity (Wildman–Crippen MR) is 53.1 cm³/mol. The second-order valence-corrected chi connectivity index (χ2v) is 6.88. The van der Waals surface area contributed by atoms with Crippen molar-refractivity contribution in [3.63, 3.8) is 0 Å². The van der Waals surface area contributed by atoms with Crippen LogP contribution in [0.25, 0.3) is 0 Å². The zero-order valence-corrected chi connectivity index (χ0v) is 9.10. The summed E-state index contributed by atoms with van der Waals surface area (Å²) in [7, 11) is 5.49. The van der Waals surface area contributed by atoms with E-state index < -0.39 is 6.49 Å². The van der Waals surface area contributed by atoms with Crippen LogP contribution in [0.3, 0.4) is 0 Å². The number of halogens is 1. The van der Waals surface area contributed by atoms with Gasteiger partial charge >= 0.3 is 0 Å². The Hall–Kier alpha value is 1.17. The van der Waals surface area contributed by atoms with Crippen molar-refractivity contribution < 1.29 is 0 Å². The van der Waals surface area contributed by atoms with Gasteiger partial charge < -0.3 is 0 Å². The smallest absolute Gasteiger partial charge is 0.145 e. The Bertz CT molecular complexity index is 147. The summed E-state index contributed by atoms with van der Waals surface area (Å²) < 4.78 is 1.64. The molecule has 0 fully saturated rings. The maximum absolute atomic E-state index is 5.52. The lowest BCUT2D eigenvalue weighted by atomic mass is 10.4. The van der Waals surface area contributed by atoms with Crippen LogP contribution >= 0.6 is 28.3 Å². The first kappa shape index (κ1) is 11.2. The number of rotatable bonds is 3. The Morgan fingerprint density at radius 1 is 1.60 bits per heavy atom. The largest absolute Gasteiger partial charge is 0.279 e. The quantitative estimate of drug-likeness (QED) is 0.558. The number of hydrogen-bond donors (Lipinski definition) is 2. The van der Waals surface area contributed by atoms with E-state index in [1.165, 1.54) is 0 Å². The highest BCUT2D eigenvalue weighted by atomic mass is 35.7. The van der Waals surface area contributed by atoms with E-state index in [0.717, 1.165) is 11.2 Å². The van der Waals surface area contributed by atoms with E-state index in [4.69, 9.17) is 33.5 Å². The fraction of sp³-hybridized carbons (Fsp3) is 1.00. The van der Waals surface area contributed by atoms with Gasteiger partial charge in [0.2, 0.25) is 0 Å². The number of nitrogens with zero attached hydrogens (tertiary/aromatic N) is 1. The van der Waals surface area contributed by atoms with Gasteiger partial charge in [0.1, 0.15) is 6.49 Å². The molecule has 0 unspecified atom stereocenters. The third-order valence-electron chi connectivity index (χ3n) is 0.821. The van der Waals surface area contributed by atoms with E-state index >= 15 is 0 Å². The van der Waals surface area contributed by atoms with Gasteiger partial charge in [-0.1, -0.05) is 0 Å². The molecule has 0 aromatic carbocycles. The number of hydrogen-bond acceptors (Lipinski definition) is 2. The Balaban J connectivity index is 4.22. The molecule has 10 heavy (non-hydrogen) atoms. The first-order valence-corrected chi connectivity index (χ1v) is 7.14. The van der Waals surface area contributed by atoms with Crippen molar-refractivity contribution in [1.82, 2.24) is 4.08 Å². The van der Waals surface area contributed by atoms with E-state index in [1.807, 2.05) is 13.8 Å². The molecule has 0 amide bonds. The van der Waals surface area contributed by atoms with Crippen molar-refractivity contribution in [2.24, 2.45) is 11.0 Å². The molecule has 0 spiro atoms. The molecule has 0 radical (unpaired) electrons. The van der Waals surface area contributed by atoms with Crippen LogP contribution in [-0.4, -0.2) is 10.1 Å². The molecule has 0 saturated carbocycles. The van der Waals surface area contributed by atoms with Crippen LogP contribution in [0.1, 0.15) is 13.8 Å². The van der Waals surface area contributed by atoms with Crippen molar-refractivity contribution in [2.45, 2.75) is 19.9 Å². The second-order valence-electron chi connectivity index (χ2n) is 2.14. The Morgan fingerprint density at radius 2 is 2.00 bits per heavy atom. The molecule has 0 saturated heterocycles. The molecule has 0 aliphatic heterocycles. The normalized spacial score (nSPS) is 13.1. The van der Waals surface area contributed by atoms with Gasteiger partial charge in [0, 0.05) is 17.2 Å². The average Bonchev–Trinajstić information content (AvgIpc) is 1.60. The standard InChI is InChI=1S/C3H11ClN3PS2/c1-3(2)7(10-4)8(5,6)9/h3H,1-2H3,(H4,5,6,9). The van der Waals surface area contributed by atoms with Crippen molar-refractivity contribution in [1.29, 1.82) is 0 Å². The van der Waals surface area contributed by atoms with Gasteiger partial charge in [0.15, 0.2) is 0 Å². The fourth-order valence-electron chi connectivity index (χ4n) is 0.489. The van der Waals surface area contributed by atoms with Gasteiger partial charge in [0.25, 0.3) is 0 Å². The minimum atomic E-state index is -2.33. The minimum Gasteiger partial charge on any atom is -0.279 e. The first-order valence-electron chi connectivity index (χ1n) is 2.65. The summed E-state index contributed by atoms with van der Waals surface area (Å²) in [6, 6.07) is 0.184. The predicted octanol–water partition coefficient (Wildman–Crippen LogP) is 1.64. The van der Waals surface area contributed by atoms with Crippen LogP contribution in [0.2, 0.25) is 0 Å². The molecule has 3 nitrogen and oxygen atoms in total. The van der Waals surface area contributed by atoms with Gasteiger partial charge in [-0.05, 0) is 36.3 Å². The van der Waals surface area contributed by atoms with Gasteiger partial charge in [-0.15, -0.1) is 0 Å². The monoisotopic (exact) mass is 219 g/mol. The van der Waals surface area contributed by atoms with Crippen molar-refractivity contribution in [2.75, 3.05) is 0 Å². The summed E-state index contributed by atoms with van der Waals surface area (Å²) >= 11 is 5.85. The molecule has 0 rings (SSSR count). The summed E-state index contributed by atoms with van der Waals surface area (Å²) in [5.41, 5.74) is 11.0. The maximum Gasteiger partial charge on any atom is 0.145 e. The molecule has 0 aliphatic carbocycles.